The Morgan fingerprint density at radius 3 is 2.36 bits per heavy atom. The van der Waals surface area contributed by atoms with Crippen molar-refractivity contribution in [3.8, 4) is 17.3 Å². The molecule has 0 saturated heterocycles. The number of thioether (sulfide) groups is 1. The van der Waals surface area contributed by atoms with Crippen LogP contribution in [-0.4, -0.2) is 21.7 Å². The molecule has 25 heavy (non-hydrogen) atoms. The van der Waals surface area contributed by atoms with Crippen LogP contribution in [0.5, 0.6) is 0 Å². The number of nitriles is 1. The number of alkyl halides is 6. The third kappa shape index (κ3) is 4.69. The average molecular weight is 379 g/mol. The minimum atomic E-state index is -4.63. The van der Waals surface area contributed by atoms with Crippen molar-refractivity contribution < 1.29 is 26.3 Å². The first-order valence-corrected chi connectivity index (χ1v) is 7.93. The van der Waals surface area contributed by atoms with Crippen molar-refractivity contribution in [1.29, 1.82) is 5.26 Å². The highest BCUT2D eigenvalue weighted by Crippen LogP contribution is 2.35. The Morgan fingerprint density at radius 1 is 1.16 bits per heavy atom. The maximum absolute atomic E-state index is 12.8. The molecule has 0 spiro atoms. The topological polar surface area (TPSA) is 41.6 Å². The molecular weight excluding hydrogens is 368 g/mol. The quantitative estimate of drug-likeness (QED) is 0.547. The molecule has 2 rings (SSSR count). The van der Waals surface area contributed by atoms with Gasteiger partial charge in [0.25, 0.3) is 0 Å². The summed E-state index contributed by atoms with van der Waals surface area (Å²) in [6.07, 6.45) is -9.06. The largest absolute Gasteiger partial charge is 0.435 e. The number of aromatic nitrogens is 2. The summed E-state index contributed by atoms with van der Waals surface area (Å²) in [5.41, 5.74) is -0.684. The molecule has 10 heteroatoms. The molecule has 0 radical (unpaired) electrons. The first-order valence-electron chi connectivity index (χ1n) is 6.94. The lowest BCUT2D eigenvalue weighted by Gasteiger charge is -2.10. The fourth-order valence-corrected chi connectivity index (χ4v) is 2.88. The molecule has 0 fully saturated rings. The van der Waals surface area contributed by atoms with E-state index >= 15 is 0 Å². The van der Waals surface area contributed by atoms with E-state index in [2.05, 4.69) is 5.10 Å². The number of rotatable bonds is 4. The fraction of sp³-hybridized carbons (Fsp3) is 0.333. The summed E-state index contributed by atoms with van der Waals surface area (Å²) >= 11 is 0.414. The summed E-state index contributed by atoms with van der Waals surface area (Å²) in [4.78, 5) is 0.0507. The highest BCUT2D eigenvalue weighted by atomic mass is 32.2. The average Bonchev–Trinajstić information content (AvgIpc) is 2.96. The molecule has 1 aromatic heterocycles. The van der Waals surface area contributed by atoms with E-state index in [0.717, 1.165) is 10.7 Å². The number of halogens is 6. The Hall–Kier alpha value is -2.15. The molecule has 0 bridgehead atoms. The Morgan fingerprint density at radius 2 is 1.84 bits per heavy atom. The van der Waals surface area contributed by atoms with E-state index in [1.807, 2.05) is 0 Å². The van der Waals surface area contributed by atoms with Gasteiger partial charge in [0.15, 0.2) is 5.69 Å². The van der Waals surface area contributed by atoms with Crippen LogP contribution in [0.25, 0.3) is 11.3 Å². The van der Waals surface area contributed by atoms with E-state index in [1.54, 1.807) is 13.0 Å². The summed E-state index contributed by atoms with van der Waals surface area (Å²) < 4.78 is 76.9. The molecule has 1 aromatic carbocycles. The fourth-order valence-electron chi connectivity index (χ4n) is 2.08. The van der Waals surface area contributed by atoms with Crippen LogP contribution in [0, 0.1) is 11.3 Å². The van der Waals surface area contributed by atoms with Crippen molar-refractivity contribution >= 4 is 11.8 Å². The summed E-state index contributed by atoms with van der Waals surface area (Å²) in [5, 5.41) is 12.5. The van der Waals surface area contributed by atoms with Crippen molar-refractivity contribution in [2.45, 2.75) is 30.7 Å². The smallest absolute Gasteiger partial charge is 0.265 e. The predicted molar refractivity (Wildman–Crippen MR) is 79.8 cm³/mol. The summed E-state index contributed by atoms with van der Waals surface area (Å²) in [6, 6.07) is 6.56. The van der Waals surface area contributed by atoms with E-state index in [1.165, 1.54) is 18.2 Å². The van der Waals surface area contributed by atoms with Gasteiger partial charge in [0.2, 0.25) is 0 Å². The van der Waals surface area contributed by atoms with Gasteiger partial charge in [0, 0.05) is 17.0 Å². The first-order chi connectivity index (χ1) is 11.5. The van der Waals surface area contributed by atoms with Crippen LogP contribution in [-0.2, 0) is 12.7 Å². The van der Waals surface area contributed by atoms with Crippen LogP contribution in [0.15, 0.2) is 29.2 Å². The van der Waals surface area contributed by atoms with Crippen LogP contribution in [0.1, 0.15) is 18.2 Å². The standard InChI is InChI=1S/C15H11F6N3S/c1-2-24-11(6-13(23-24)15(19,20)21)9-3-4-10(7-22)12(5-9)25-8-14(16,17)18/h3-6H,2,8H2,1H3. The maximum Gasteiger partial charge on any atom is 0.435 e. The maximum atomic E-state index is 12.8. The lowest BCUT2D eigenvalue weighted by Crippen LogP contribution is -2.10. The highest BCUT2D eigenvalue weighted by molar-refractivity contribution is 7.99. The molecule has 0 amide bonds. The van der Waals surface area contributed by atoms with Gasteiger partial charge in [-0.15, -0.1) is 11.8 Å². The Kier molecular flexibility index (Phi) is 5.37. The van der Waals surface area contributed by atoms with Crippen LogP contribution in [0.3, 0.4) is 0 Å². The lowest BCUT2D eigenvalue weighted by molar-refractivity contribution is -0.141. The van der Waals surface area contributed by atoms with Gasteiger partial charge in [-0.25, -0.2) is 0 Å². The molecular formula is C15H11F6N3S. The molecule has 0 unspecified atom stereocenters. The zero-order valence-corrected chi connectivity index (χ0v) is 13.6. The SMILES string of the molecule is CCn1nc(C(F)(F)F)cc1-c1ccc(C#N)c(SCC(F)(F)F)c1. The minimum absolute atomic E-state index is 0.0246. The van der Waals surface area contributed by atoms with Gasteiger partial charge >= 0.3 is 12.4 Å². The molecule has 0 atom stereocenters. The van der Waals surface area contributed by atoms with E-state index in [0.29, 0.717) is 11.8 Å². The van der Waals surface area contributed by atoms with Crippen LogP contribution < -0.4 is 0 Å². The van der Waals surface area contributed by atoms with E-state index < -0.39 is 23.8 Å². The molecule has 0 saturated carbocycles. The number of aryl methyl sites for hydroxylation is 1. The van der Waals surface area contributed by atoms with Gasteiger partial charge in [-0.2, -0.15) is 36.7 Å². The zero-order valence-electron chi connectivity index (χ0n) is 12.7. The molecule has 1 heterocycles. The molecule has 3 nitrogen and oxygen atoms in total. The predicted octanol–water partition coefficient (Wildman–Crippen LogP) is 5.11. The van der Waals surface area contributed by atoms with Gasteiger partial charge in [0.1, 0.15) is 6.07 Å². The monoisotopic (exact) mass is 379 g/mol. The van der Waals surface area contributed by atoms with E-state index in [9.17, 15) is 26.3 Å². The van der Waals surface area contributed by atoms with Crippen molar-refractivity contribution in [2.75, 3.05) is 5.75 Å². The van der Waals surface area contributed by atoms with Gasteiger partial charge in [-0.05, 0) is 25.1 Å². The Bertz CT molecular complexity index is 801. The second kappa shape index (κ2) is 7.00. The van der Waals surface area contributed by atoms with Crippen molar-refractivity contribution in [2.24, 2.45) is 0 Å². The number of hydrogen-bond acceptors (Lipinski definition) is 3. The lowest BCUT2D eigenvalue weighted by atomic mass is 10.1. The van der Waals surface area contributed by atoms with Gasteiger partial charge in [0.05, 0.1) is 17.0 Å². The molecule has 2 aromatic rings. The van der Waals surface area contributed by atoms with Crippen LogP contribution in [0.2, 0.25) is 0 Å². The first kappa shape index (κ1) is 19.2. The Labute approximate surface area is 143 Å². The number of benzene rings is 1. The van der Waals surface area contributed by atoms with Gasteiger partial charge in [-0.3, -0.25) is 4.68 Å². The molecule has 0 aliphatic heterocycles. The van der Waals surface area contributed by atoms with Crippen molar-refractivity contribution in [1.82, 2.24) is 9.78 Å². The van der Waals surface area contributed by atoms with Crippen LogP contribution >= 0.6 is 11.8 Å². The number of hydrogen-bond donors (Lipinski definition) is 0. The van der Waals surface area contributed by atoms with E-state index in [-0.39, 0.29) is 28.3 Å². The molecule has 0 aliphatic carbocycles. The second-order valence-electron chi connectivity index (χ2n) is 4.95. The molecule has 134 valence electrons. The summed E-state index contributed by atoms with van der Waals surface area (Å²) in [6.45, 7) is 1.75. The van der Waals surface area contributed by atoms with Crippen LogP contribution in [0.4, 0.5) is 26.3 Å². The van der Waals surface area contributed by atoms with E-state index in [4.69, 9.17) is 5.26 Å². The van der Waals surface area contributed by atoms with Gasteiger partial charge in [-0.1, -0.05) is 6.07 Å². The number of nitrogens with zero attached hydrogens (tertiary/aromatic N) is 3. The Balaban J connectivity index is 2.47. The molecule has 0 N–H and O–H groups in total. The van der Waals surface area contributed by atoms with Crippen molar-refractivity contribution in [3.63, 3.8) is 0 Å². The van der Waals surface area contributed by atoms with Crippen molar-refractivity contribution in [3.05, 3.63) is 35.5 Å². The second-order valence-corrected chi connectivity index (χ2v) is 5.97. The molecule has 0 aliphatic rings. The summed E-state index contributed by atoms with van der Waals surface area (Å²) in [5.74, 6) is -1.20. The third-order valence-corrected chi connectivity index (χ3v) is 4.28. The third-order valence-electron chi connectivity index (χ3n) is 3.16. The summed E-state index contributed by atoms with van der Waals surface area (Å²) in [7, 11) is 0. The minimum Gasteiger partial charge on any atom is -0.265 e. The van der Waals surface area contributed by atoms with Gasteiger partial charge < -0.3 is 0 Å². The highest BCUT2D eigenvalue weighted by Gasteiger charge is 2.35. The normalized spacial score (nSPS) is 12.2. The zero-order chi connectivity index (χ0) is 18.8.